The number of aromatic nitrogens is 2. The van der Waals surface area contributed by atoms with Gasteiger partial charge in [0.05, 0.1) is 6.54 Å². The first-order chi connectivity index (χ1) is 8.85. The van der Waals surface area contributed by atoms with Crippen LogP contribution in [0.25, 0.3) is 0 Å². The molecule has 2 unspecified atom stereocenters. The van der Waals surface area contributed by atoms with Crippen molar-refractivity contribution in [1.29, 1.82) is 0 Å². The van der Waals surface area contributed by atoms with E-state index in [4.69, 9.17) is 4.42 Å². The Morgan fingerprint density at radius 1 is 1.26 bits per heavy atom. The Bertz CT molecular complexity index is 410. The van der Waals surface area contributed by atoms with Gasteiger partial charge in [0.15, 0.2) is 0 Å². The smallest absolute Gasteiger partial charge is 0.318 e. The molecule has 5 heteroatoms. The molecule has 1 N–H and O–H groups in total. The molecular weight excluding hydrogens is 240 g/mol. The maximum Gasteiger partial charge on any atom is 0.318 e. The highest BCUT2D eigenvalue weighted by atomic mass is 16.4. The van der Waals surface area contributed by atoms with Crippen molar-refractivity contribution >= 4 is 6.01 Å². The van der Waals surface area contributed by atoms with Crippen LogP contribution in [0.15, 0.2) is 4.42 Å². The Kier molecular flexibility index (Phi) is 4.13. The maximum atomic E-state index is 5.78. The summed E-state index contributed by atoms with van der Waals surface area (Å²) in [6.07, 6.45) is 2.48. The lowest BCUT2D eigenvalue weighted by Gasteiger charge is -2.35. The van der Waals surface area contributed by atoms with Crippen molar-refractivity contribution in [3.8, 4) is 0 Å². The van der Waals surface area contributed by atoms with Crippen LogP contribution in [0, 0.1) is 5.92 Å². The predicted molar refractivity (Wildman–Crippen MR) is 76.1 cm³/mol. The van der Waals surface area contributed by atoms with Crippen molar-refractivity contribution in [2.24, 2.45) is 5.92 Å². The molecule has 108 valence electrons. The fraction of sp³-hybridized carbons (Fsp3) is 0.857. The minimum atomic E-state index is 0.0571. The summed E-state index contributed by atoms with van der Waals surface area (Å²) >= 11 is 0. The van der Waals surface area contributed by atoms with Crippen LogP contribution in [0.4, 0.5) is 6.01 Å². The van der Waals surface area contributed by atoms with Gasteiger partial charge < -0.3 is 14.6 Å². The Labute approximate surface area is 115 Å². The van der Waals surface area contributed by atoms with Crippen LogP contribution >= 0.6 is 0 Å². The molecule has 1 fully saturated rings. The van der Waals surface area contributed by atoms with E-state index in [9.17, 15) is 0 Å². The summed E-state index contributed by atoms with van der Waals surface area (Å²) in [7, 11) is 0. The van der Waals surface area contributed by atoms with Crippen molar-refractivity contribution in [3.63, 3.8) is 0 Å². The van der Waals surface area contributed by atoms with E-state index in [1.54, 1.807) is 0 Å². The lowest BCUT2D eigenvalue weighted by molar-refractivity contribution is 0.349. The van der Waals surface area contributed by atoms with Crippen molar-refractivity contribution in [1.82, 2.24) is 15.5 Å². The molecule has 0 aromatic carbocycles. The van der Waals surface area contributed by atoms with Crippen molar-refractivity contribution in [2.75, 3.05) is 11.4 Å². The van der Waals surface area contributed by atoms with Crippen LogP contribution in [0.2, 0.25) is 0 Å². The molecule has 0 bridgehead atoms. The highest BCUT2D eigenvalue weighted by Crippen LogP contribution is 2.26. The SMILES string of the molecule is CC1CCC(C)N(c2nnc(CNC(C)(C)C)o2)C1. The van der Waals surface area contributed by atoms with Crippen molar-refractivity contribution in [3.05, 3.63) is 5.89 Å². The fourth-order valence-corrected chi connectivity index (χ4v) is 2.33. The standard InChI is InChI=1S/C14H26N4O/c1-10-6-7-11(2)18(9-10)13-17-16-12(19-13)8-15-14(3,4)5/h10-11,15H,6-9H2,1-5H3. The van der Waals surface area contributed by atoms with E-state index in [1.807, 2.05) is 0 Å². The van der Waals surface area contributed by atoms with E-state index in [1.165, 1.54) is 12.8 Å². The molecule has 1 aliphatic heterocycles. The third kappa shape index (κ3) is 3.93. The average molecular weight is 266 g/mol. The molecule has 0 amide bonds. The summed E-state index contributed by atoms with van der Waals surface area (Å²) < 4.78 is 5.78. The number of hydrogen-bond donors (Lipinski definition) is 1. The number of hydrogen-bond acceptors (Lipinski definition) is 5. The van der Waals surface area contributed by atoms with Gasteiger partial charge in [-0.1, -0.05) is 12.0 Å². The quantitative estimate of drug-likeness (QED) is 0.911. The number of nitrogens with one attached hydrogen (secondary N) is 1. The first kappa shape index (κ1) is 14.3. The lowest BCUT2D eigenvalue weighted by Crippen LogP contribution is -2.41. The number of nitrogens with zero attached hydrogens (tertiary/aromatic N) is 3. The van der Waals surface area contributed by atoms with Gasteiger partial charge in [0.25, 0.3) is 0 Å². The zero-order valence-electron chi connectivity index (χ0n) is 12.7. The predicted octanol–water partition coefficient (Wildman–Crippen LogP) is 2.58. The minimum absolute atomic E-state index is 0.0571. The molecular formula is C14H26N4O. The number of anilines is 1. The van der Waals surface area contributed by atoms with Gasteiger partial charge in [-0.15, -0.1) is 5.10 Å². The minimum Gasteiger partial charge on any atom is -0.407 e. The molecule has 1 aromatic rings. The summed E-state index contributed by atoms with van der Waals surface area (Å²) in [6, 6.07) is 1.16. The molecule has 0 aliphatic carbocycles. The molecule has 1 aliphatic rings. The zero-order chi connectivity index (χ0) is 14.0. The Morgan fingerprint density at radius 2 is 2.00 bits per heavy atom. The van der Waals surface area contributed by atoms with Gasteiger partial charge in [-0.2, -0.15) is 0 Å². The van der Waals surface area contributed by atoms with Gasteiger partial charge >= 0.3 is 6.01 Å². The van der Waals surface area contributed by atoms with Crippen molar-refractivity contribution in [2.45, 2.75) is 65.6 Å². The molecule has 2 heterocycles. The Balaban J connectivity index is 1.99. The topological polar surface area (TPSA) is 54.2 Å². The molecule has 0 saturated carbocycles. The lowest BCUT2D eigenvalue weighted by atomic mass is 9.96. The summed E-state index contributed by atoms with van der Waals surface area (Å²) in [6.45, 7) is 12.5. The van der Waals surface area contributed by atoms with E-state index in [2.05, 4.69) is 55.0 Å². The van der Waals surface area contributed by atoms with Crippen LogP contribution in [-0.4, -0.2) is 28.3 Å². The number of piperidine rings is 1. The molecule has 5 nitrogen and oxygen atoms in total. The molecule has 1 aromatic heterocycles. The van der Waals surface area contributed by atoms with Crippen LogP contribution in [0.1, 0.15) is 53.4 Å². The first-order valence-electron chi connectivity index (χ1n) is 7.19. The zero-order valence-corrected chi connectivity index (χ0v) is 12.7. The molecule has 2 atom stereocenters. The van der Waals surface area contributed by atoms with E-state index in [0.717, 1.165) is 6.54 Å². The van der Waals surface area contributed by atoms with Crippen LogP contribution in [0.3, 0.4) is 0 Å². The van der Waals surface area contributed by atoms with Crippen LogP contribution < -0.4 is 10.2 Å². The van der Waals surface area contributed by atoms with Gasteiger partial charge in [-0.05, 0) is 46.5 Å². The molecule has 0 spiro atoms. The summed E-state index contributed by atoms with van der Waals surface area (Å²) in [5, 5.41) is 11.7. The number of rotatable bonds is 3. The molecule has 0 radical (unpaired) electrons. The van der Waals surface area contributed by atoms with Gasteiger partial charge in [-0.3, -0.25) is 0 Å². The highest BCUT2D eigenvalue weighted by molar-refractivity contribution is 5.27. The Morgan fingerprint density at radius 3 is 2.68 bits per heavy atom. The van der Waals surface area contributed by atoms with Gasteiger partial charge in [0.2, 0.25) is 5.89 Å². The highest BCUT2D eigenvalue weighted by Gasteiger charge is 2.27. The molecule has 1 saturated heterocycles. The third-order valence-corrected chi connectivity index (χ3v) is 3.59. The molecule has 2 rings (SSSR count). The summed E-state index contributed by atoms with van der Waals surface area (Å²) in [4.78, 5) is 2.24. The Hall–Kier alpha value is -1.10. The average Bonchev–Trinajstić information content (AvgIpc) is 2.77. The van der Waals surface area contributed by atoms with Gasteiger partial charge in [0.1, 0.15) is 0 Å². The first-order valence-corrected chi connectivity index (χ1v) is 7.19. The maximum absolute atomic E-state index is 5.78. The second-order valence-corrected chi connectivity index (χ2v) is 6.77. The second kappa shape index (κ2) is 5.49. The largest absolute Gasteiger partial charge is 0.407 e. The van der Waals surface area contributed by atoms with E-state index in [0.29, 0.717) is 30.4 Å². The van der Waals surface area contributed by atoms with Gasteiger partial charge in [0, 0.05) is 18.1 Å². The normalized spacial score (nSPS) is 24.8. The fourth-order valence-electron chi connectivity index (χ4n) is 2.33. The second-order valence-electron chi connectivity index (χ2n) is 6.77. The van der Waals surface area contributed by atoms with Crippen LogP contribution in [-0.2, 0) is 6.54 Å². The third-order valence-electron chi connectivity index (χ3n) is 3.59. The van der Waals surface area contributed by atoms with E-state index < -0.39 is 0 Å². The van der Waals surface area contributed by atoms with E-state index >= 15 is 0 Å². The monoisotopic (exact) mass is 266 g/mol. The molecule has 19 heavy (non-hydrogen) atoms. The van der Waals surface area contributed by atoms with Gasteiger partial charge in [-0.25, -0.2) is 0 Å². The summed E-state index contributed by atoms with van der Waals surface area (Å²) in [5.41, 5.74) is 0.0571. The van der Waals surface area contributed by atoms with E-state index in [-0.39, 0.29) is 5.54 Å². The van der Waals surface area contributed by atoms with Crippen molar-refractivity contribution < 1.29 is 4.42 Å². The summed E-state index contributed by atoms with van der Waals surface area (Å²) in [5.74, 6) is 1.36. The van der Waals surface area contributed by atoms with Crippen LogP contribution in [0.5, 0.6) is 0 Å².